The van der Waals surface area contributed by atoms with Crippen molar-refractivity contribution in [2.24, 2.45) is 11.3 Å². The van der Waals surface area contributed by atoms with E-state index in [-0.39, 0.29) is 0 Å². The van der Waals surface area contributed by atoms with Gasteiger partial charge in [-0.05, 0) is 25.2 Å². The molecule has 0 aliphatic heterocycles. The minimum atomic E-state index is -1.27. The van der Waals surface area contributed by atoms with Gasteiger partial charge in [0, 0.05) is 15.4 Å². The molecule has 0 fully saturated rings. The summed E-state index contributed by atoms with van der Waals surface area (Å²) < 4.78 is 1.23. The van der Waals surface area contributed by atoms with Crippen LogP contribution in [0.3, 0.4) is 0 Å². The molecule has 0 heterocycles. The first-order chi connectivity index (χ1) is 8.19. The fourth-order valence-electron chi connectivity index (χ4n) is 2.57. The van der Waals surface area contributed by atoms with Crippen LogP contribution < -0.4 is 0 Å². The molecule has 1 rings (SSSR count). The first kappa shape index (κ1) is 16.3. The number of alkyl halides is 1. The van der Waals surface area contributed by atoms with Gasteiger partial charge >= 0.3 is 0 Å². The van der Waals surface area contributed by atoms with Gasteiger partial charge in [0.05, 0.1) is 0 Å². The minimum Gasteiger partial charge on any atom is -0.127 e. The van der Waals surface area contributed by atoms with Crippen LogP contribution in [-0.2, 0) is 0 Å². The van der Waals surface area contributed by atoms with Gasteiger partial charge in [-0.15, -0.1) is 5.54 Å². The molecule has 0 nitrogen and oxygen atoms in total. The van der Waals surface area contributed by atoms with Gasteiger partial charge in [-0.2, -0.15) is 0 Å². The standard InChI is InChI=1S/C16H27ISi/c1-13(2)14-7-9-16(3,10-11-17)15(14)8-12-18(4,5)6/h13H,7,9-11H2,1-6H3/t16-/m1/s1. The zero-order chi connectivity index (χ0) is 14.0. The predicted octanol–water partition coefficient (Wildman–Crippen LogP) is 5.45. The average Bonchev–Trinajstić information content (AvgIpc) is 2.52. The van der Waals surface area contributed by atoms with Gasteiger partial charge < -0.3 is 0 Å². The Labute approximate surface area is 128 Å². The van der Waals surface area contributed by atoms with Crippen LogP contribution in [0.5, 0.6) is 0 Å². The summed E-state index contributed by atoms with van der Waals surface area (Å²) >= 11 is 2.50. The topological polar surface area (TPSA) is 0 Å². The fourth-order valence-corrected chi connectivity index (χ4v) is 4.26. The minimum absolute atomic E-state index is 0.355. The van der Waals surface area contributed by atoms with Crippen molar-refractivity contribution in [3.63, 3.8) is 0 Å². The summed E-state index contributed by atoms with van der Waals surface area (Å²) in [5.41, 5.74) is 7.07. The normalized spacial score (nSPS) is 24.4. The second-order valence-electron chi connectivity index (χ2n) is 7.05. The number of hydrogen-bond acceptors (Lipinski definition) is 0. The Morgan fingerprint density at radius 3 is 2.39 bits per heavy atom. The van der Waals surface area contributed by atoms with E-state index in [1.807, 2.05) is 0 Å². The molecule has 0 N–H and O–H groups in total. The third-order valence-corrected chi connectivity index (χ3v) is 5.19. The maximum absolute atomic E-state index is 3.62. The molecule has 1 aliphatic rings. The Balaban J connectivity index is 3.16. The average molecular weight is 374 g/mol. The Bertz CT molecular complexity index is 390. The molecule has 0 unspecified atom stereocenters. The lowest BCUT2D eigenvalue weighted by Gasteiger charge is -2.25. The van der Waals surface area contributed by atoms with E-state index in [0.29, 0.717) is 11.3 Å². The molecule has 0 aromatic rings. The smallest absolute Gasteiger partial charge is 0.127 e. The molecular formula is C16H27ISi. The summed E-state index contributed by atoms with van der Waals surface area (Å²) in [4.78, 5) is 0. The molecule has 18 heavy (non-hydrogen) atoms. The van der Waals surface area contributed by atoms with Crippen LogP contribution in [0.4, 0.5) is 0 Å². The molecule has 0 aromatic carbocycles. The summed E-state index contributed by atoms with van der Waals surface area (Å²) in [7, 11) is -1.27. The quantitative estimate of drug-likeness (QED) is 0.267. The number of rotatable bonds is 3. The molecule has 1 atom stereocenters. The highest BCUT2D eigenvalue weighted by Gasteiger charge is 2.36. The molecule has 0 saturated carbocycles. The van der Waals surface area contributed by atoms with E-state index < -0.39 is 8.07 Å². The van der Waals surface area contributed by atoms with Crippen molar-refractivity contribution < 1.29 is 0 Å². The lowest BCUT2D eigenvalue weighted by Crippen LogP contribution is -2.19. The fraction of sp³-hybridized carbons (Fsp3) is 0.750. The van der Waals surface area contributed by atoms with E-state index in [1.54, 1.807) is 5.57 Å². The molecule has 0 bridgehead atoms. The zero-order valence-electron chi connectivity index (χ0n) is 12.8. The molecule has 102 valence electrons. The first-order valence-electron chi connectivity index (χ1n) is 7.02. The molecular weight excluding hydrogens is 347 g/mol. The Hall–Kier alpha value is 0.247. The molecule has 2 heteroatoms. The molecule has 0 saturated heterocycles. The van der Waals surface area contributed by atoms with Gasteiger partial charge in [-0.25, -0.2) is 0 Å². The molecule has 0 amide bonds. The maximum Gasteiger partial charge on any atom is 0.129 e. The van der Waals surface area contributed by atoms with E-state index in [4.69, 9.17) is 0 Å². The predicted molar refractivity (Wildman–Crippen MR) is 93.8 cm³/mol. The Morgan fingerprint density at radius 1 is 1.33 bits per heavy atom. The van der Waals surface area contributed by atoms with Crippen molar-refractivity contribution in [1.82, 2.24) is 0 Å². The van der Waals surface area contributed by atoms with Crippen LogP contribution in [0.15, 0.2) is 11.1 Å². The highest BCUT2D eigenvalue weighted by Crippen LogP contribution is 2.47. The Kier molecular flexibility index (Phi) is 5.55. The number of hydrogen-bond donors (Lipinski definition) is 0. The Morgan fingerprint density at radius 2 is 1.94 bits per heavy atom. The molecule has 0 spiro atoms. The summed E-state index contributed by atoms with van der Waals surface area (Å²) in [6.45, 7) is 14.1. The van der Waals surface area contributed by atoms with Crippen molar-refractivity contribution in [2.45, 2.75) is 59.7 Å². The van der Waals surface area contributed by atoms with Crippen LogP contribution in [0.2, 0.25) is 19.6 Å². The van der Waals surface area contributed by atoms with Gasteiger partial charge in [0.15, 0.2) is 0 Å². The molecule has 1 aliphatic carbocycles. The monoisotopic (exact) mass is 374 g/mol. The second kappa shape index (κ2) is 6.13. The highest BCUT2D eigenvalue weighted by atomic mass is 127. The summed E-state index contributed by atoms with van der Waals surface area (Å²) in [5.74, 6) is 4.28. The van der Waals surface area contributed by atoms with Crippen LogP contribution in [0, 0.1) is 22.8 Å². The number of allylic oxidation sites excluding steroid dienone is 2. The maximum atomic E-state index is 3.62. The van der Waals surface area contributed by atoms with E-state index >= 15 is 0 Å². The zero-order valence-corrected chi connectivity index (χ0v) is 15.9. The van der Waals surface area contributed by atoms with E-state index in [1.165, 1.54) is 29.3 Å². The van der Waals surface area contributed by atoms with Gasteiger partial charge in [0.1, 0.15) is 8.07 Å². The third-order valence-electron chi connectivity index (χ3n) is 3.78. The van der Waals surface area contributed by atoms with Crippen molar-refractivity contribution in [3.8, 4) is 11.5 Å². The van der Waals surface area contributed by atoms with Crippen molar-refractivity contribution >= 4 is 30.7 Å². The highest BCUT2D eigenvalue weighted by molar-refractivity contribution is 14.1. The first-order valence-corrected chi connectivity index (χ1v) is 12.0. The second-order valence-corrected chi connectivity index (χ2v) is 12.9. The van der Waals surface area contributed by atoms with Crippen LogP contribution >= 0.6 is 22.6 Å². The van der Waals surface area contributed by atoms with Crippen molar-refractivity contribution in [2.75, 3.05) is 4.43 Å². The van der Waals surface area contributed by atoms with Crippen LogP contribution in [-0.4, -0.2) is 12.5 Å². The van der Waals surface area contributed by atoms with Crippen molar-refractivity contribution in [1.29, 1.82) is 0 Å². The lowest BCUT2D eigenvalue weighted by molar-refractivity contribution is 0.395. The molecule has 0 radical (unpaired) electrons. The van der Waals surface area contributed by atoms with Crippen molar-refractivity contribution in [3.05, 3.63) is 11.1 Å². The SMILES string of the molecule is CC(C)C1=C(C#C[Si](C)(C)C)[C@@](C)(CCI)CC1. The van der Waals surface area contributed by atoms with Gasteiger partial charge in [0.25, 0.3) is 0 Å². The van der Waals surface area contributed by atoms with Gasteiger partial charge in [-0.3, -0.25) is 0 Å². The van der Waals surface area contributed by atoms with Crippen LogP contribution in [0.25, 0.3) is 0 Å². The van der Waals surface area contributed by atoms with E-state index in [2.05, 4.69) is 74.5 Å². The van der Waals surface area contributed by atoms with Crippen LogP contribution in [0.1, 0.15) is 40.0 Å². The largest absolute Gasteiger partial charge is 0.129 e. The lowest BCUT2D eigenvalue weighted by atomic mass is 9.80. The molecule has 0 aromatic heterocycles. The van der Waals surface area contributed by atoms with E-state index in [0.717, 1.165) is 0 Å². The summed E-state index contributed by atoms with van der Waals surface area (Å²) in [5, 5.41) is 0. The van der Waals surface area contributed by atoms with E-state index in [9.17, 15) is 0 Å². The number of halogens is 1. The van der Waals surface area contributed by atoms with Gasteiger partial charge in [0.2, 0.25) is 0 Å². The third kappa shape index (κ3) is 4.13. The summed E-state index contributed by atoms with van der Waals surface area (Å²) in [6.07, 6.45) is 3.85. The summed E-state index contributed by atoms with van der Waals surface area (Å²) in [6, 6.07) is 0. The van der Waals surface area contributed by atoms with Gasteiger partial charge in [-0.1, -0.05) is 74.5 Å².